The lowest BCUT2D eigenvalue weighted by Gasteiger charge is -2.19. The van der Waals surface area contributed by atoms with Crippen LogP contribution >= 0.6 is 0 Å². The summed E-state index contributed by atoms with van der Waals surface area (Å²) in [6.07, 6.45) is 2.35. The summed E-state index contributed by atoms with van der Waals surface area (Å²) in [4.78, 5) is 0. The second-order valence-corrected chi connectivity index (χ2v) is 6.20. The van der Waals surface area contributed by atoms with Crippen LogP contribution < -0.4 is 14.8 Å². The van der Waals surface area contributed by atoms with Gasteiger partial charge in [-0.3, -0.25) is 0 Å². The molecule has 0 unspecified atom stereocenters. The minimum Gasteiger partial charge on any atom is -0.491 e. The summed E-state index contributed by atoms with van der Waals surface area (Å²) in [5.74, 6) is 1.84. The zero-order valence-corrected chi connectivity index (χ0v) is 15.2. The summed E-state index contributed by atoms with van der Waals surface area (Å²) in [7, 11) is 0. The molecule has 2 aromatic rings. The molecule has 0 radical (unpaired) electrons. The van der Waals surface area contributed by atoms with Gasteiger partial charge in [0.05, 0.1) is 12.6 Å². The van der Waals surface area contributed by atoms with E-state index in [0.717, 1.165) is 36.6 Å². The molecule has 0 aliphatic rings. The van der Waals surface area contributed by atoms with E-state index < -0.39 is 0 Å². The van der Waals surface area contributed by atoms with Gasteiger partial charge in [0.1, 0.15) is 17.6 Å². The van der Waals surface area contributed by atoms with Crippen LogP contribution in [0.4, 0.5) is 5.69 Å². The summed E-state index contributed by atoms with van der Waals surface area (Å²) in [5, 5.41) is 3.44. The second-order valence-electron chi connectivity index (χ2n) is 6.20. The average Bonchev–Trinajstić information content (AvgIpc) is 2.61. The Kier molecular flexibility index (Phi) is 6.98. The third-order valence-corrected chi connectivity index (χ3v) is 4.08. The van der Waals surface area contributed by atoms with E-state index in [0.29, 0.717) is 0 Å². The van der Waals surface area contributed by atoms with Gasteiger partial charge in [0.2, 0.25) is 0 Å². The van der Waals surface area contributed by atoms with Crippen molar-refractivity contribution in [1.29, 1.82) is 0 Å². The van der Waals surface area contributed by atoms with Gasteiger partial charge in [-0.1, -0.05) is 31.5 Å². The molecule has 2 atom stereocenters. The lowest BCUT2D eigenvalue weighted by atomic mass is 10.2. The van der Waals surface area contributed by atoms with Crippen molar-refractivity contribution < 1.29 is 9.47 Å². The lowest BCUT2D eigenvalue weighted by molar-refractivity contribution is 0.210. The third kappa shape index (κ3) is 5.80. The van der Waals surface area contributed by atoms with Crippen LogP contribution in [0.2, 0.25) is 0 Å². The Morgan fingerprint density at radius 1 is 0.833 bits per heavy atom. The topological polar surface area (TPSA) is 30.5 Å². The Hall–Kier alpha value is -2.16. The molecule has 3 nitrogen and oxygen atoms in total. The van der Waals surface area contributed by atoms with Gasteiger partial charge in [0, 0.05) is 5.69 Å². The molecule has 0 saturated heterocycles. The Bertz CT molecular complexity index is 592. The molecule has 0 aliphatic carbocycles. The van der Waals surface area contributed by atoms with Crippen LogP contribution in [0.5, 0.6) is 11.5 Å². The van der Waals surface area contributed by atoms with Crippen molar-refractivity contribution in [3.8, 4) is 11.5 Å². The van der Waals surface area contributed by atoms with Crippen molar-refractivity contribution in [1.82, 2.24) is 0 Å². The number of rotatable bonds is 9. The standard InChI is InChI=1S/C21H29NO2/c1-5-17(4)23-20-13-9-18(10-14-20)22-15-19(6-2)24-21-11-7-16(3)8-12-21/h7-14,17,19,22H,5-6,15H2,1-4H3/t17-,19-/m0/s1. The van der Waals surface area contributed by atoms with E-state index in [2.05, 4.69) is 57.3 Å². The maximum absolute atomic E-state index is 6.04. The highest BCUT2D eigenvalue weighted by Gasteiger charge is 2.08. The minimum atomic E-state index is 0.142. The number of hydrogen-bond donors (Lipinski definition) is 1. The van der Waals surface area contributed by atoms with Crippen LogP contribution in [0.3, 0.4) is 0 Å². The fraction of sp³-hybridized carbons (Fsp3) is 0.429. The van der Waals surface area contributed by atoms with E-state index in [1.54, 1.807) is 0 Å². The van der Waals surface area contributed by atoms with Crippen LogP contribution in [-0.4, -0.2) is 18.8 Å². The maximum Gasteiger partial charge on any atom is 0.119 e. The van der Waals surface area contributed by atoms with E-state index in [-0.39, 0.29) is 12.2 Å². The van der Waals surface area contributed by atoms with Crippen molar-refractivity contribution in [3.05, 3.63) is 54.1 Å². The van der Waals surface area contributed by atoms with Gasteiger partial charge in [0.25, 0.3) is 0 Å². The normalized spacial score (nSPS) is 13.2. The number of benzene rings is 2. The highest BCUT2D eigenvalue weighted by molar-refractivity contribution is 5.46. The van der Waals surface area contributed by atoms with E-state index in [9.17, 15) is 0 Å². The molecule has 0 amide bonds. The van der Waals surface area contributed by atoms with Crippen LogP contribution in [0, 0.1) is 6.92 Å². The highest BCUT2D eigenvalue weighted by Crippen LogP contribution is 2.19. The Labute approximate surface area is 146 Å². The molecule has 130 valence electrons. The Balaban J connectivity index is 1.85. The van der Waals surface area contributed by atoms with Gasteiger partial charge in [-0.15, -0.1) is 0 Å². The molecule has 2 aromatic carbocycles. The van der Waals surface area contributed by atoms with Gasteiger partial charge in [-0.2, -0.15) is 0 Å². The third-order valence-electron chi connectivity index (χ3n) is 4.08. The quantitative estimate of drug-likeness (QED) is 0.665. The molecule has 3 heteroatoms. The number of aryl methyl sites for hydroxylation is 1. The summed E-state index contributed by atoms with van der Waals surface area (Å²) in [6, 6.07) is 16.3. The molecule has 0 bridgehead atoms. The van der Waals surface area contributed by atoms with Crippen LogP contribution in [0.25, 0.3) is 0 Å². The largest absolute Gasteiger partial charge is 0.491 e. The van der Waals surface area contributed by atoms with Gasteiger partial charge in [0.15, 0.2) is 0 Å². The first-order valence-corrected chi connectivity index (χ1v) is 8.84. The molecule has 1 N–H and O–H groups in total. The first-order chi connectivity index (χ1) is 11.6. The first-order valence-electron chi connectivity index (χ1n) is 8.84. The fourth-order valence-electron chi connectivity index (χ4n) is 2.28. The van der Waals surface area contributed by atoms with Gasteiger partial charge < -0.3 is 14.8 Å². The first kappa shape index (κ1) is 18.2. The minimum absolute atomic E-state index is 0.142. The van der Waals surface area contributed by atoms with E-state index in [1.807, 2.05) is 24.3 Å². The molecule has 0 aliphatic heterocycles. The summed E-state index contributed by atoms with van der Waals surface area (Å²) < 4.78 is 11.8. The number of nitrogens with one attached hydrogen (secondary N) is 1. The van der Waals surface area contributed by atoms with Gasteiger partial charge in [-0.05, 0) is 63.1 Å². The molecule has 2 rings (SSSR count). The Morgan fingerprint density at radius 3 is 2.00 bits per heavy atom. The van der Waals surface area contributed by atoms with E-state index in [1.165, 1.54) is 5.56 Å². The highest BCUT2D eigenvalue weighted by atomic mass is 16.5. The van der Waals surface area contributed by atoms with Crippen LogP contribution in [-0.2, 0) is 0 Å². The fourth-order valence-corrected chi connectivity index (χ4v) is 2.28. The maximum atomic E-state index is 6.04. The predicted molar refractivity (Wildman–Crippen MR) is 101 cm³/mol. The smallest absolute Gasteiger partial charge is 0.119 e. The SMILES string of the molecule is CC[C@@H](CNc1ccc(O[C@@H](C)CC)cc1)Oc1ccc(C)cc1. The van der Waals surface area contributed by atoms with Crippen molar-refractivity contribution >= 4 is 5.69 Å². The molecule has 0 spiro atoms. The molecule has 0 aromatic heterocycles. The van der Waals surface area contributed by atoms with E-state index >= 15 is 0 Å². The van der Waals surface area contributed by atoms with Crippen molar-refractivity contribution in [2.24, 2.45) is 0 Å². The van der Waals surface area contributed by atoms with Crippen LogP contribution in [0.15, 0.2) is 48.5 Å². The second kappa shape index (κ2) is 9.21. The number of ether oxygens (including phenoxy) is 2. The molecule has 24 heavy (non-hydrogen) atoms. The van der Waals surface area contributed by atoms with Gasteiger partial charge in [-0.25, -0.2) is 0 Å². The van der Waals surface area contributed by atoms with Crippen LogP contribution in [0.1, 0.15) is 39.2 Å². The monoisotopic (exact) mass is 327 g/mol. The Morgan fingerprint density at radius 2 is 1.42 bits per heavy atom. The molecule has 0 fully saturated rings. The predicted octanol–water partition coefficient (Wildman–Crippen LogP) is 5.44. The average molecular weight is 327 g/mol. The van der Waals surface area contributed by atoms with Crippen molar-refractivity contribution in [3.63, 3.8) is 0 Å². The molecule has 0 saturated carbocycles. The molecule has 0 heterocycles. The molecular formula is C21H29NO2. The summed E-state index contributed by atoms with van der Waals surface area (Å²) in [5.41, 5.74) is 2.32. The zero-order valence-electron chi connectivity index (χ0n) is 15.2. The summed E-state index contributed by atoms with van der Waals surface area (Å²) >= 11 is 0. The number of hydrogen-bond acceptors (Lipinski definition) is 3. The van der Waals surface area contributed by atoms with Crippen molar-refractivity contribution in [2.45, 2.75) is 52.7 Å². The lowest BCUT2D eigenvalue weighted by Crippen LogP contribution is -2.25. The zero-order chi connectivity index (χ0) is 17.4. The van der Waals surface area contributed by atoms with Gasteiger partial charge >= 0.3 is 0 Å². The molecular weight excluding hydrogens is 298 g/mol. The summed E-state index contributed by atoms with van der Waals surface area (Å²) in [6.45, 7) is 9.21. The van der Waals surface area contributed by atoms with Crippen molar-refractivity contribution in [2.75, 3.05) is 11.9 Å². The van der Waals surface area contributed by atoms with E-state index in [4.69, 9.17) is 9.47 Å². The number of anilines is 1.